The van der Waals surface area contributed by atoms with Crippen LogP contribution in [0.2, 0.25) is 0 Å². The molecule has 0 unspecified atom stereocenters. The molecule has 0 aliphatic heterocycles. The number of thiazole rings is 1. The van der Waals surface area contributed by atoms with Gasteiger partial charge in [-0.2, -0.15) is 8.42 Å². The normalized spacial score (nSPS) is 11.2. The maximum atomic E-state index is 11.1. The molecular weight excluding hydrogens is 214 g/mol. The summed E-state index contributed by atoms with van der Waals surface area (Å²) in [6.45, 7) is 1.61. The monoisotopic (exact) mass is 221 g/mol. The van der Waals surface area contributed by atoms with Crippen molar-refractivity contribution < 1.29 is 13.2 Å². The van der Waals surface area contributed by atoms with E-state index in [0.717, 1.165) is 11.3 Å². The fraction of sp³-hybridized carbons (Fsp3) is 0.200. The van der Waals surface area contributed by atoms with Crippen LogP contribution in [-0.4, -0.2) is 19.3 Å². The molecule has 72 valence electrons. The Morgan fingerprint density at radius 1 is 1.69 bits per heavy atom. The van der Waals surface area contributed by atoms with Gasteiger partial charge < -0.3 is 0 Å². The summed E-state index contributed by atoms with van der Waals surface area (Å²) in [5, 5.41) is 4.62. The third-order valence-electron chi connectivity index (χ3n) is 1.19. The minimum Gasteiger partial charge on any atom is -0.267 e. The second-order valence-corrected chi connectivity index (χ2v) is 4.39. The van der Waals surface area contributed by atoms with Crippen LogP contribution in [-0.2, 0) is 10.2 Å². The Bertz CT molecular complexity index is 422. The number of amides is 1. The highest BCUT2D eigenvalue weighted by Gasteiger charge is 2.15. The molecule has 1 aromatic heterocycles. The number of rotatable bonds is 2. The van der Waals surface area contributed by atoms with Crippen molar-refractivity contribution in [3.8, 4) is 0 Å². The largest absolute Gasteiger partial charge is 0.299 e. The molecule has 1 heterocycles. The SMILES string of the molecule is Cc1ncsc1C(=O)NS(N)(=O)=O. The predicted octanol–water partition coefficient (Wildman–Crippen LogP) is -0.615. The molecule has 0 atom stereocenters. The standard InChI is InChI=1S/C5H7N3O3S2/c1-3-4(12-2-7-3)5(9)8-13(6,10)11/h2H,1H3,(H,8,9)(H2,6,10,11). The fourth-order valence-corrected chi connectivity index (χ4v) is 1.82. The highest BCUT2D eigenvalue weighted by Crippen LogP contribution is 2.11. The third kappa shape index (κ3) is 2.76. The van der Waals surface area contributed by atoms with E-state index in [1.54, 1.807) is 11.6 Å². The van der Waals surface area contributed by atoms with Gasteiger partial charge in [0.25, 0.3) is 16.1 Å². The zero-order valence-corrected chi connectivity index (χ0v) is 8.28. The van der Waals surface area contributed by atoms with Gasteiger partial charge in [-0.25, -0.2) is 14.8 Å². The average molecular weight is 221 g/mol. The lowest BCUT2D eigenvalue weighted by molar-refractivity contribution is 0.0984. The first-order chi connectivity index (χ1) is 5.90. The number of hydrogen-bond donors (Lipinski definition) is 2. The molecule has 0 aliphatic carbocycles. The van der Waals surface area contributed by atoms with Crippen LogP contribution in [0.25, 0.3) is 0 Å². The molecule has 0 saturated heterocycles. The van der Waals surface area contributed by atoms with Gasteiger partial charge in [0.1, 0.15) is 4.88 Å². The molecule has 0 spiro atoms. The van der Waals surface area contributed by atoms with E-state index < -0.39 is 16.1 Å². The van der Waals surface area contributed by atoms with Gasteiger partial charge in [-0.15, -0.1) is 11.3 Å². The lowest BCUT2D eigenvalue weighted by Crippen LogP contribution is -2.35. The van der Waals surface area contributed by atoms with Gasteiger partial charge in [0.05, 0.1) is 11.2 Å². The summed E-state index contributed by atoms with van der Waals surface area (Å²) in [4.78, 5) is 15.2. The first-order valence-corrected chi connectivity index (χ1v) is 5.57. The highest BCUT2D eigenvalue weighted by atomic mass is 32.2. The average Bonchev–Trinajstić information content (AvgIpc) is 2.30. The van der Waals surface area contributed by atoms with Crippen molar-refractivity contribution in [3.63, 3.8) is 0 Å². The van der Waals surface area contributed by atoms with Crippen LogP contribution in [0.3, 0.4) is 0 Å². The third-order valence-corrected chi connectivity index (χ3v) is 2.58. The van der Waals surface area contributed by atoms with Crippen molar-refractivity contribution in [2.45, 2.75) is 6.92 Å². The van der Waals surface area contributed by atoms with Gasteiger partial charge in [0.2, 0.25) is 0 Å². The molecule has 6 nitrogen and oxygen atoms in total. The van der Waals surface area contributed by atoms with E-state index in [2.05, 4.69) is 10.1 Å². The van der Waals surface area contributed by atoms with Gasteiger partial charge in [0, 0.05) is 0 Å². The van der Waals surface area contributed by atoms with E-state index in [-0.39, 0.29) is 4.88 Å². The molecule has 1 amide bonds. The summed E-state index contributed by atoms with van der Waals surface area (Å²) < 4.78 is 22.6. The number of carbonyl (C=O) groups is 1. The number of nitrogens with zero attached hydrogens (tertiary/aromatic N) is 1. The first kappa shape index (κ1) is 10.1. The Hall–Kier alpha value is -0.990. The minimum absolute atomic E-state index is 0.244. The van der Waals surface area contributed by atoms with Crippen LogP contribution in [0.1, 0.15) is 15.4 Å². The highest BCUT2D eigenvalue weighted by molar-refractivity contribution is 7.87. The second-order valence-electron chi connectivity index (χ2n) is 2.24. The van der Waals surface area contributed by atoms with Crippen molar-refractivity contribution in [2.24, 2.45) is 5.14 Å². The number of nitrogens with two attached hydrogens (primary N) is 1. The van der Waals surface area contributed by atoms with Crippen LogP contribution >= 0.6 is 11.3 Å². The number of aryl methyl sites for hydroxylation is 1. The molecule has 0 aliphatic rings. The molecule has 8 heteroatoms. The predicted molar refractivity (Wildman–Crippen MR) is 47.4 cm³/mol. The summed E-state index contributed by atoms with van der Waals surface area (Å²) in [7, 11) is -3.99. The molecule has 0 radical (unpaired) electrons. The second kappa shape index (κ2) is 3.40. The number of hydrogen-bond acceptors (Lipinski definition) is 5. The quantitative estimate of drug-likeness (QED) is 0.695. The van der Waals surface area contributed by atoms with Crippen LogP contribution in [0.15, 0.2) is 5.51 Å². The van der Waals surface area contributed by atoms with Crippen LogP contribution in [0.4, 0.5) is 0 Å². The summed E-state index contributed by atoms with van der Waals surface area (Å²) in [6.07, 6.45) is 0. The Kier molecular flexibility index (Phi) is 2.64. The summed E-state index contributed by atoms with van der Waals surface area (Å²) in [5.74, 6) is -0.748. The zero-order valence-electron chi connectivity index (χ0n) is 6.64. The Labute approximate surface area is 79.0 Å². The minimum atomic E-state index is -3.99. The van der Waals surface area contributed by atoms with E-state index in [4.69, 9.17) is 0 Å². The van der Waals surface area contributed by atoms with Gasteiger partial charge in [0.15, 0.2) is 0 Å². The Balaban J connectivity index is 2.88. The fourth-order valence-electron chi connectivity index (χ4n) is 0.695. The van der Waals surface area contributed by atoms with E-state index in [9.17, 15) is 13.2 Å². The van der Waals surface area contributed by atoms with Crippen molar-refractivity contribution in [3.05, 3.63) is 16.1 Å². The van der Waals surface area contributed by atoms with Crippen LogP contribution in [0, 0.1) is 6.92 Å². The van der Waals surface area contributed by atoms with E-state index >= 15 is 0 Å². The molecular formula is C5H7N3O3S2. The lowest BCUT2D eigenvalue weighted by atomic mass is 10.4. The van der Waals surface area contributed by atoms with Crippen molar-refractivity contribution >= 4 is 27.5 Å². The molecule has 13 heavy (non-hydrogen) atoms. The van der Waals surface area contributed by atoms with E-state index in [0.29, 0.717) is 5.69 Å². The van der Waals surface area contributed by atoms with Gasteiger partial charge >= 0.3 is 0 Å². The van der Waals surface area contributed by atoms with E-state index in [1.165, 1.54) is 5.51 Å². The van der Waals surface area contributed by atoms with Gasteiger partial charge in [-0.05, 0) is 6.92 Å². The maximum absolute atomic E-state index is 11.1. The molecule has 3 N–H and O–H groups in total. The molecule has 0 fully saturated rings. The molecule has 0 saturated carbocycles. The summed E-state index contributed by atoms with van der Waals surface area (Å²) in [5.41, 5.74) is 1.93. The molecule has 1 rings (SSSR count). The topological polar surface area (TPSA) is 102 Å². The van der Waals surface area contributed by atoms with Gasteiger partial charge in [-0.3, -0.25) is 4.79 Å². The number of carbonyl (C=O) groups excluding carboxylic acids is 1. The summed E-state index contributed by atoms with van der Waals surface area (Å²) >= 11 is 1.06. The molecule has 0 bridgehead atoms. The zero-order chi connectivity index (χ0) is 10.1. The number of aromatic nitrogens is 1. The van der Waals surface area contributed by atoms with Crippen LogP contribution in [0.5, 0.6) is 0 Å². The number of nitrogens with one attached hydrogen (secondary N) is 1. The van der Waals surface area contributed by atoms with Crippen LogP contribution < -0.4 is 9.86 Å². The Morgan fingerprint density at radius 3 is 2.69 bits per heavy atom. The molecule has 0 aromatic carbocycles. The maximum Gasteiger partial charge on any atom is 0.299 e. The van der Waals surface area contributed by atoms with Crippen molar-refractivity contribution in [1.82, 2.24) is 9.71 Å². The smallest absolute Gasteiger partial charge is 0.267 e. The van der Waals surface area contributed by atoms with Crippen molar-refractivity contribution in [1.29, 1.82) is 0 Å². The molecule has 1 aromatic rings. The first-order valence-electron chi connectivity index (χ1n) is 3.15. The van der Waals surface area contributed by atoms with E-state index in [1.807, 2.05) is 0 Å². The van der Waals surface area contributed by atoms with Crippen molar-refractivity contribution in [2.75, 3.05) is 0 Å². The lowest BCUT2D eigenvalue weighted by Gasteiger charge is -1.99. The Morgan fingerprint density at radius 2 is 2.31 bits per heavy atom. The van der Waals surface area contributed by atoms with Gasteiger partial charge in [-0.1, -0.05) is 0 Å². The summed E-state index contributed by atoms with van der Waals surface area (Å²) in [6, 6.07) is 0.